The summed E-state index contributed by atoms with van der Waals surface area (Å²) in [5.74, 6) is 0. The Hall–Kier alpha value is -2.43. The molecule has 0 spiro atoms. The lowest BCUT2D eigenvalue weighted by molar-refractivity contribution is 0.174. The number of aromatic amines is 1. The van der Waals surface area contributed by atoms with Gasteiger partial charge in [-0.25, -0.2) is 0 Å². The molecule has 0 amide bonds. The van der Waals surface area contributed by atoms with Crippen LogP contribution in [-0.2, 0) is 6.54 Å². The number of aliphatic hydroxyl groups is 1. The highest BCUT2D eigenvalue weighted by atomic mass is 16.3. The monoisotopic (exact) mass is 308 g/mol. The normalized spacial score (nSPS) is 12.4. The number of hydrogen-bond acceptors (Lipinski definition) is 3. The number of pyridine rings is 1. The Balaban J connectivity index is 1.66. The van der Waals surface area contributed by atoms with Gasteiger partial charge in [-0.3, -0.25) is 4.79 Å². The van der Waals surface area contributed by atoms with E-state index < -0.39 is 6.10 Å². The van der Waals surface area contributed by atoms with Crippen LogP contribution in [0.5, 0.6) is 0 Å². The lowest BCUT2D eigenvalue weighted by Gasteiger charge is -2.13. The van der Waals surface area contributed by atoms with Gasteiger partial charge in [0.15, 0.2) is 0 Å². The quantitative estimate of drug-likeness (QED) is 0.679. The van der Waals surface area contributed by atoms with E-state index in [4.69, 9.17) is 0 Å². The number of para-hydroxylation sites is 1. The van der Waals surface area contributed by atoms with E-state index in [0.29, 0.717) is 18.7 Å². The Labute approximate surface area is 134 Å². The molecule has 0 bridgehead atoms. The van der Waals surface area contributed by atoms with Crippen LogP contribution in [0.1, 0.15) is 22.8 Å². The van der Waals surface area contributed by atoms with Crippen LogP contribution in [0.3, 0.4) is 0 Å². The van der Waals surface area contributed by atoms with E-state index in [-0.39, 0.29) is 5.56 Å². The fourth-order valence-electron chi connectivity index (χ4n) is 2.66. The first-order valence-electron chi connectivity index (χ1n) is 7.70. The van der Waals surface area contributed by atoms with Gasteiger partial charge >= 0.3 is 0 Å². The summed E-state index contributed by atoms with van der Waals surface area (Å²) in [6.07, 6.45) is -0.588. The van der Waals surface area contributed by atoms with Crippen molar-refractivity contribution in [3.05, 3.63) is 81.6 Å². The van der Waals surface area contributed by atoms with Crippen LogP contribution in [0.25, 0.3) is 10.9 Å². The van der Waals surface area contributed by atoms with Gasteiger partial charge in [0, 0.05) is 24.2 Å². The van der Waals surface area contributed by atoms with Crippen molar-refractivity contribution in [2.24, 2.45) is 0 Å². The molecule has 1 unspecified atom stereocenters. The van der Waals surface area contributed by atoms with Crippen LogP contribution < -0.4 is 10.9 Å². The average molecular weight is 308 g/mol. The van der Waals surface area contributed by atoms with Gasteiger partial charge in [-0.1, -0.05) is 48.0 Å². The van der Waals surface area contributed by atoms with Gasteiger partial charge < -0.3 is 15.4 Å². The number of fused-ring (bicyclic) bond motifs is 1. The average Bonchev–Trinajstić information content (AvgIpc) is 2.55. The minimum absolute atomic E-state index is 0.0961. The van der Waals surface area contributed by atoms with E-state index in [0.717, 1.165) is 22.0 Å². The maximum absolute atomic E-state index is 12.1. The largest absolute Gasteiger partial charge is 0.387 e. The molecule has 118 valence electrons. The molecular weight excluding hydrogens is 288 g/mol. The van der Waals surface area contributed by atoms with Crippen LogP contribution in [0.15, 0.2) is 59.4 Å². The summed E-state index contributed by atoms with van der Waals surface area (Å²) in [4.78, 5) is 14.9. The van der Waals surface area contributed by atoms with Gasteiger partial charge in [-0.2, -0.15) is 0 Å². The highest BCUT2D eigenvalue weighted by Crippen LogP contribution is 2.14. The molecule has 3 N–H and O–H groups in total. The second-order valence-corrected chi connectivity index (χ2v) is 5.77. The number of nitrogens with one attached hydrogen (secondary N) is 2. The van der Waals surface area contributed by atoms with Crippen molar-refractivity contribution in [3.8, 4) is 0 Å². The summed E-state index contributed by atoms with van der Waals surface area (Å²) in [6.45, 7) is 2.82. The Morgan fingerprint density at radius 1 is 1.13 bits per heavy atom. The number of aryl methyl sites for hydroxylation is 1. The molecule has 0 aliphatic heterocycles. The molecule has 1 aromatic heterocycles. The van der Waals surface area contributed by atoms with E-state index in [1.165, 1.54) is 0 Å². The molecule has 3 aromatic rings. The maximum Gasteiger partial charge on any atom is 0.252 e. The van der Waals surface area contributed by atoms with Gasteiger partial charge in [-0.05, 0) is 30.0 Å². The highest BCUT2D eigenvalue weighted by Gasteiger charge is 2.08. The topological polar surface area (TPSA) is 65.1 Å². The minimum atomic E-state index is -0.588. The molecule has 1 heterocycles. The molecule has 0 aliphatic rings. The molecule has 1 atom stereocenters. The van der Waals surface area contributed by atoms with Crippen LogP contribution in [-0.4, -0.2) is 16.6 Å². The zero-order valence-electron chi connectivity index (χ0n) is 13.0. The molecule has 0 saturated carbocycles. The number of H-pyrrole nitrogens is 1. The molecule has 0 saturated heterocycles. The van der Waals surface area contributed by atoms with Crippen molar-refractivity contribution in [1.29, 1.82) is 0 Å². The first-order valence-corrected chi connectivity index (χ1v) is 7.70. The summed E-state index contributed by atoms with van der Waals surface area (Å²) in [5.41, 5.74) is 3.40. The third-order valence-electron chi connectivity index (χ3n) is 3.91. The molecule has 0 fully saturated rings. The second-order valence-electron chi connectivity index (χ2n) is 5.77. The first-order chi connectivity index (χ1) is 11.1. The standard InChI is InChI=1S/C19H20N2O2/c1-13-5-4-7-15(9-13)18(22)12-20-11-16-10-14-6-2-3-8-17(14)21-19(16)23/h2-10,18,20,22H,11-12H2,1H3,(H,21,23). The molecule has 2 aromatic carbocycles. The maximum atomic E-state index is 12.1. The Kier molecular flexibility index (Phi) is 4.55. The van der Waals surface area contributed by atoms with E-state index in [9.17, 15) is 9.90 Å². The number of aliphatic hydroxyl groups excluding tert-OH is 1. The van der Waals surface area contributed by atoms with Gasteiger partial charge in [0.1, 0.15) is 0 Å². The predicted octanol–water partition coefficient (Wildman–Crippen LogP) is 2.66. The van der Waals surface area contributed by atoms with Crippen LogP contribution >= 0.6 is 0 Å². The van der Waals surface area contributed by atoms with Crippen molar-refractivity contribution in [3.63, 3.8) is 0 Å². The van der Waals surface area contributed by atoms with Gasteiger partial charge in [0.2, 0.25) is 0 Å². The molecule has 23 heavy (non-hydrogen) atoms. The van der Waals surface area contributed by atoms with Crippen molar-refractivity contribution in [1.82, 2.24) is 10.3 Å². The van der Waals surface area contributed by atoms with Crippen molar-refractivity contribution >= 4 is 10.9 Å². The summed E-state index contributed by atoms with van der Waals surface area (Å²) in [7, 11) is 0. The van der Waals surface area contributed by atoms with Crippen LogP contribution in [0.2, 0.25) is 0 Å². The fraction of sp³-hybridized carbons (Fsp3) is 0.211. The molecule has 0 aliphatic carbocycles. The summed E-state index contributed by atoms with van der Waals surface area (Å²) in [6, 6.07) is 17.4. The van der Waals surface area contributed by atoms with E-state index in [2.05, 4.69) is 10.3 Å². The fourth-order valence-corrected chi connectivity index (χ4v) is 2.66. The van der Waals surface area contributed by atoms with Gasteiger partial charge in [0.05, 0.1) is 6.10 Å². The molecule has 4 heteroatoms. The zero-order valence-corrected chi connectivity index (χ0v) is 13.0. The second kappa shape index (κ2) is 6.77. The van der Waals surface area contributed by atoms with E-state index in [1.807, 2.05) is 61.5 Å². The highest BCUT2D eigenvalue weighted by molar-refractivity contribution is 5.78. The Morgan fingerprint density at radius 2 is 1.96 bits per heavy atom. The van der Waals surface area contributed by atoms with Gasteiger partial charge in [-0.15, -0.1) is 0 Å². The Bertz CT molecular complexity index is 870. The third-order valence-corrected chi connectivity index (χ3v) is 3.91. The smallest absolute Gasteiger partial charge is 0.252 e. The molecule has 4 nitrogen and oxygen atoms in total. The lowest BCUT2D eigenvalue weighted by atomic mass is 10.1. The van der Waals surface area contributed by atoms with Crippen LogP contribution in [0.4, 0.5) is 0 Å². The number of rotatable bonds is 5. The predicted molar refractivity (Wildman–Crippen MR) is 92.4 cm³/mol. The summed E-state index contributed by atoms with van der Waals surface area (Å²) < 4.78 is 0. The number of aromatic nitrogens is 1. The number of hydrogen-bond donors (Lipinski definition) is 3. The SMILES string of the molecule is Cc1cccc(C(O)CNCc2cc3ccccc3[nH]c2=O)c1. The van der Waals surface area contributed by atoms with Crippen molar-refractivity contribution in [2.75, 3.05) is 6.54 Å². The molecular formula is C19H20N2O2. The first kappa shape index (κ1) is 15.5. The van der Waals surface area contributed by atoms with Crippen molar-refractivity contribution < 1.29 is 5.11 Å². The lowest BCUT2D eigenvalue weighted by Crippen LogP contribution is -2.25. The third kappa shape index (κ3) is 3.67. The summed E-state index contributed by atoms with van der Waals surface area (Å²) >= 11 is 0. The number of benzene rings is 2. The zero-order chi connectivity index (χ0) is 16.2. The van der Waals surface area contributed by atoms with Crippen molar-refractivity contribution in [2.45, 2.75) is 19.6 Å². The Morgan fingerprint density at radius 3 is 2.78 bits per heavy atom. The van der Waals surface area contributed by atoms with Crippen LogP contribution in [0, 0.1) is 6.92 Å². The van der Waals surface area contributed by atoms with Gasteiger partial charge in [0.25, 0.3) is 5.56 Å². The molecule has 0 radical (unpaired) electrons. The summed E-state index contributed by atoms with van der Waals surface area (Å²) in [5, 5.41) is 14.4. The molecule has 3 rings (SSSR count). The van der Waals surface area contributed by atoms with E-state index in [1.54, 1.807) is 0 Å². The minimum Gasteiger partial charge on any atom is -0.387 e. The van der Waals surface area contributed by atoms with E-state index >= 15 is 0 Å².